The molecule has 0 aliphatic heterocycles. The van der Waals surface area contributed by atoms with Crippen LogP contribution in [0.2, 0.25) is 0 Å². The smallest absolute Gasteiger partial charge is 0.378 e. The SMILES string of the molecule is C/C=C/[C@@H](C)[C@@](C)(O)C(=O)C(=O)OCc1ccccc1. The molecule has 0 saturated heterocycles. The van der Waals surface area contributed by atoms with Gasteiger partial charge in [-0.05, 0) is 19.4 Å². The first-order valence-corrected chi connectivity index (χ1v) is 6.50. The molecule has 20 heavy (non-hydrogen) atoms. The third-order valence-electron chi connectivity index (χ3n) is 3.23. The van der Waals surface area contributed by atoms with Crippen molar-refractivity contribution in [3.8, 4) is 0 Å². The topological polar surface area (TPSA) is 63.6 Å². The van der Waals surface area contributed by atoms with E-state index < -0.39 is 23.3 Å². The van der Waals surface area contributed by atoms with E-state index >= 15 is 0 Å². The van der Waals surface area contributed by atoms with Crippen molar-refractivity contribution < 1.29 is 19.4 Å². The van der Waals surface area contributed by atoms with Crippen LogP contribution in [0.5, 0.6) is 0 Å². The molecule has 0 amide bonds. The third kappa shape index (κ3) is 4.03. The average Bonchev–Trinajstić information content (AvgIpc) is 2.45. The van der Waals surface area contributed by atoms with Crippen LogP contribution in [0.25, 0.3) is 0 Å². The van der Waals surface area contributed by atoms with Crippen molar-refractivity contribution >= 4 is 11.8 Å². The summed E-state index contributed by atoms with van der Waals surface area (Å²) in [5.41, 5.74) is -0.977. The van der Waals surface area contributed by atoms with Crippen LogP contribution in [-0.2, 0) is 20.9 Å². The first-order chi connectivity index (χ1) is 9.39. The van der Waals surface area contributed by atoms with Crippen LogP contribution in [0.1, 0.15) is 26.3 Å². The van der Waals surface area contributed by atoms with Crippen molar-refractivity contribution in [1.82, 2.24) is 0 Å². The van der Waals surface area contributed by atoms with Crippen LogP contribution in [0.3, 0.4) is 0 Å². The third-order valence-corrected chi connectivity index (χ3v) is 3.23. The van der Waals surface area contributed by atoms with Gasteiger partial charge in [-0.15, -0.1) is 0 Å². The molecule has 4 heteroatoms. The van der Waals surface area contributed by atoms with E-state index in [9.17, 15) is 14.7 Å². The standard InChI is InChI=1S/C16H20O4/c1-4-8-12(2)16(3,19)14(17)15(18)20-11-13-9-6-5-7-10-13/h4-10,12,19H,11H2,1-3H3/b8-4+/t12-,16-/m1/s1. The Hall–Kier alpha value is -1.94. The molecule has 1 N–H and O–H groups in total. The quantitative estimate of drug-likeness (QED) is 0.492. The molecule has 0 radical (unpaired) electrons. The van der Waals surface area contributed by atoms with Gasteiger partial charge in [-0.3, -0.25) is 4.79 Å². The van der Waals surface area contributed by atoms with Crippen molar-refractivity contribution in [2.24, 2.45) is 5.92 Å². The minimum atomic E-state index is -1.76. The van der Waals surface area contributed by atoms with Crippen molar-refractivity contribution in [2.45, 2.75) is 33.0 Å². The fraction of sp³-hybridized carbons (Fsp3) is 0.375. The lowest BCUT2D eigenvalue weighted by atomic mass is 9.86. The molecule has 0 aromatic heterocycles. The fourth-order valence-corrected chi connectivity index (χ4v) is 1.68. The predicted octanol–water partition coefficient (Wildman–Crippen LogP) is 2.26. The molecule has 0 bridgehead atoms. The Kier molecular flexibility index (Phi) is 5.65. The lowest BCUT2D eigenvalue weighted by Gasteiger charge is -2.25. The highest BCUT2D eigenvalue weighted by molar-refractivity contribution is 6.36. The maximum Gasteiger partial charge on any atom is 0.378 e. The summed E-state index contributed by atoms with van der Waals surface area (Å²) in [5, 5.41) is 10.1. The van der Waals surface area contributed by atoms with Gasteiger partial charge in [-0.1, -0.05) is 49.4 Å². The number of benzene rings is 1. The lowest BCUT2D eigenvalue weighted by Crippen LogP contribution is -2.45. The number of rotatable bonds is 6. The molecule has 108 valence electrons. The minimum absolute atomic E-state index is 0.0134. The summed E-state index contributed by atoms with van der Waals surface area (Å²) in [6.45, 7) is 4.79. The second-order valence-corrected chi connectivity index (χ2v) is 4.85. The van der Waals surface area contributed by atoms with E-state index in [-0.39, 0.29) is 6.61 Å². The van der Waals surface area contributed by atoms with Crippen molar-refractivity contribution in [3.63, 3.8) is 0 Å². The van der Waals surface area contributed by atoms with Gasteiger partial charge in [-0.2, -0.15) is 0 Å². The van der Waals surface area contributed by atoms with E-state index in [1.807, 2.05) is 18.2 Å². The molecule has 0 saturated carbocycles. The Bertz CT molecular complexity index is 488. The van der Waals surface area contributed by atoms with Crippen LogP contribution >= 0.6 is 0 Å². The largest absolute Gasteiger partial charge is 0.455 e. The van der Waals surface area contributed by atoms with E-state index in [1.54, 1.807) is 38.1 Å². The fourth-order valence-electron chi connectivity index (χ4n) is 1.68. The van der Waals surface area contributed by atoms with Gasteiger partial charge in [0.15, 0.2) is 0 Å². The summed E-state index contributed by atoms with van der Waals surface area (Å²) in [4.78, 5) is 23.7. The maximum absolute atomic E-state index is 11.9. The summed E-state index contributed by atoms with van der Waals surface area (Å²) in [6.07, 6.45) is 3.39. The van der Waals surface area contributed by atoms with Gasteiger partial charge in [0.2, 0.25) is 0 Å². The number of carbonyl (C=O) groups excluding carboxylic acids is 2. The number of Topliss-reactive ketones (excluding diaryl/α,β-unsaturated/α-hetero) is 1. The van der Waals surface area contributed by atoms with E-state index in [4.69, 9.17) is 4.74 Å². The number of carbonyl (C=O) groups is 2. The molecule has 1 aromatic rings. The normalized spacial score (nSPS) is 15.6. The van der Waals surface area contributed by atoms with Crippen LogP contribution in [0.4, 0.5) is 0 Å². The number of hydrogen-bond donors (Lipinski definition) is 1. The van der Waals surface area contributed by atoms with Crippen LogP contribution in [0, 0.1) is 5.92 Å². The molecule has 0 aliphatic rings. The van der Waals surface area contributed by atoms with Crippen molar-refractivity contribution in [1.29, 1.82) is 0 Å². The average molecular weight is 276 g/mol. The second kappa shape index (κ2) is 7.01. The molecule has 0 fully saturated rings. The molecular formula is C16H20O4. The van der Waals surface area contributed by atoms with E-state index in [0.29, 0.717) is 0 Å². The first kappa shape index (κ1) is 16.1. The van der Waals surface area contributed by atoms with Gasteiger partial charge in [0.05, 0.1) is 0 Å². The van der Waals surface area contributed by atoms with Crippen LogP contribution < -0.4 is 0 Å². The Balaban J connectivity index is 2.65. The lowest BCUT2D eigenvalue weighted by molar-refractivity contribution is -0.164. The first-order valence-electron chi connectivity index (χ1n) is 6.50. The highest BCUT2D eigenvalue weighted by Gasteiger charge is 2.40. The van der Waals surface area contributed by atoms with Gasteiger partial charge in [0, 0.05) is 5.92 Å². The number of allylic oxidation sites excluding steroid dienone is 1. The molecular weight excluding hydrogens is 256 g/mol. The Morgan fingerprint density at radius 3 is 2.50 bits per heavy atom. The molecule has 0 spiro atoms. The molecule has 0 heterocycles. The molecule has 1 aromatic carbocycles. The monoisotopic (exact) mass is 276 g/mol. The van der Waals surface area contributed by atoms with Gasteiger partial charge < -0.3 is 9.84 Å². The molecule has 2 atom stereocenters. The van der Waals surface area contributed by atoms with Crippen molar-refractivity contribution in [3.05, 3.63) is 48.0 Å². The zero-order valence-corrected chi connectivity index (χ0v) is 12.0. The molecule has 4 nitrogen and oxygen atoms in total. The van der Waals surface area contributed by atoms with Gasteiger partial charge in [0.1, 0.15) is 12.2 Å². The van der Waals surface area contributed by atoms with Crippen LogP contribution in [0.15, 0.2) is 42.5 Å². The molecule has 0 unspecified atom stereocenters. The summed E-state index contributed by atoms with van der Waals surface area (Å²) in [6, 6.07) is 9.06. The second-order valence-electron chi connectivity index (χ2n) is 4.85. The van der Waals surface area contributed by atoms with Gasteiger partial charge >= 0.3 is 5.97 Å². The Labute approximate surface area is 119 Å². The number of esters is 1. The summed E-state index contributed by atoms with van der Waals surface area (Å²) in [5.74, 6) is -2.42. The molecule has 0 aliphatic carbocycles. The molecule has 1 rings (SSSR count). The maximum atomic E-state index is 11.9. The number of ether oxygens (including phenoxy) is 1. The van der Waals surface area contributed by atoms with Gasteiger partial charge in [0.25, 0.3) is 5.78 Å². The van der Waals surface area contributed by atoms with E-state index in [2.05, 4.69) is 0 Å². The van der Waals surface area contributed by atoms with E-state index in [0.717, 1.165) is 5.56 Å². The highest BCUT2D eigenvalue weighted by Crippen LogP contribution is 2.20. The van der Waals surface area contributed by atoms with Crippen molar-refractivity contribution in [2.75, 3.05) is 0 Å². The Morgan fingerprint density at radius 2 is 1.95 bits per heavy atom. The number of hydrogen-bond acceptors (Lipinski definition) is 4. The van der Waals surface area contributed by atoms with Gasteiger partial charge in [-0.25, -0.2) is 4.79 Å². The predicted molar refractivity (Wildman–Crippen MR) is 75.8 cm³/mol. The Morgan fingerprint density at radius 1 is 1.35 bits per heavy atom. The summed E-state index contributed by atoms with van der Waals surface area (Å²) in [7, 11) is 0. The van der Waals surface area contributed by atoms with E-state index in [1.165, 1.54) is 6.92 Å². The zero-order valence-electron chi connectivity index (χ0n) is 12.0. The summed E-state index contributed by atoms with van der Waals surface area (Å²) >= 11 is 0. The summed E-state index contributed by atoms with van der Waals surface area (Å²) < 4.78 is 4.93. The minimum Gasteiger partial charge on any atom is -0.455 e. The van der Waals surface area contributed by atoms with Crippen LogP contribution in [-0.4, -0.2) is 22.5 Å². The number of aliphatic hydroxyl groups is 1. The highest BCUT2D eigenvalue weighted by atomic mass is 16.5. The number of ketones is 1. The zero-order chi connectivity index (χ0) is 15.2.